The van der Waals surface area contributed by atoms with E-state index in [4.69, 9.17) is 21.5 Å². The number of nitrogens with zero attached hydrogens (tertiary/aromatic N) is 3. The van der Waals surface area contributed by atoms with Gasteiger partial charge >= 0.3 is 0 Å². The van der Waals surface area contributed by atoms with E-state index in [2.05, 4.69) is 15.5 Å². The van der Waals surface area contributed by atoms with E-state index in [9.17, 15) is 4.39 Å². The van der Waals surface area contributed by atoms with Gasteiger partial charge in [0.2, 0.25) is 5.82 Å². The molecule has 0 aliphatic carbocycles. The first-order valence-electron chi connectivity index (χ1n) is 10.7. The van der Waals surface area contributed by atoms with Crippen LogP contribution in [0.25, 0.3) is 17.0 Å². The number of rotatable bonds is 5. The lowest BCUT2D eigenvalue weighted by Gasteiger charge is -2.37. The molecule has 1 aliphatic rings. The SMILES string of the molecule is COc1ccc(N2C(=S)NC(c3ccccc3)C(c3nc(-c4cccc(F)c4)no3)=C2C)cc1. The van der Waals surface area contributed by atoms with E-state index < -0.39 is 0 Å². The van der Waals surface area contributed by atoms with E-state index in [-0.39, 0.29) is 11.9 Å². The van der Waals surface area contributed by atoms with Crippen LogP contribution in [0.15, 0.2) is 89.1 Å². The van der Waals surface area contributed by atoms with E-state index in [0.717, 1.165) is 28.3 Å². The van der Waals surface area contributed by atoms with Gasteiger partial charge in [0, 0.05) is 16.9 Å². The van der Waals surface area contributed by atoms with Crippen LogP contribution in [0.4, 0.5) is 10.1 Å². The van der Waals surface area contributed by atoms with Crippen LogP contribution in [0.5, 0.6) is 5.75 Å². The van der Waals surface area contributed by atoms with Crippen molar-refractivity contribution in [2.24, 2.45) is 0 Å². The van der Waals surface area contributed by atoms with Crippen LogP contribution in [0.3, 0.4) is 0 Å². The molecular formula is C26H21FN4O2S. The van der Waals surface area contributed by atoms with Crippen LogP contribution in [0.1, 0.15) is 24.4 Å². The lowest BCUT2D eigenvalue weighted by atomic mass is 9.94. The van der Waals surface area contributed by atoms with Gasteiger partial charge in [0.05, 0.1) is 18.7 Å². The monoisotopic (exact) mass is 472 g/mol. The minimum Gasteiger partial charge on any atom is -0.497 e. The Labute approximate surface area is 201 Å². The molecule has 1 aliphatic heterocycles. The number of hydrogen-bond acceptors (Lipinski definition) is 5. The van der Waals surface area contributed by atoms with Gasteiger partial charge in [-0.3, -0.25) is 4.90 Å². The highest BCUT2D eigenvalue weighted by atomic mass is 32.1. The standard InChI is InChI=1S/C26H21FN4O2S/c1-16-22(25-29-24(30-33-25)18-9-6-10-19(27)15-18)23(17-7-4-3-5-8-17)28-26(34)31(16)20-11-13-21(32-2)14-12-20/h3-15,23H,1-2H3,(H,28,34). The first-order valence-corrected chi connectivity index (χ1v) is 11.1. The van der Waals surface area contributed by atoms with Gasteiger partial charge in [0.15, 0.2) is 5.11 Å². The summed E-state index contributed by atoms with van der Waals surface area (Å²) in [6.07, 6.45) is 0. The summed E-state index contributed by atoms with van der Waals surface area (Å²) in [4.78, 5) is 6.55. The summed E-state index contributed by atoms with van der Waals surface area (Å²) < 4.78 is 24.8. The van der Waals surface area contributed by atoms with Crippen molar-refractivity contribution in [2.45, 2.75) is 13.0 Å². The van der Waals surface area contributed by atoms with Crippen LogP contribution in [-0.4, -0.2) is 22.4 Å². The normalized spacial score (nSPS) is 15.9. The summed E-state index contributed by atoms with van der Waals surface area (Å²) in [6.45, 7) is 1.97. The Morgan fingerprint density at radius 1 is 1.03 bits per heavy atom. The van der Waals surface area contributed by atoms with E-state index in [1.165, 1.54) is 12.1 Å². The molecule has 1 aromatic heterocycles. The Hall–Kier alpha value is -4.04. The fourth-order valence-corrected chi connectivity index (χ4v) is 4.40. The molecular weight excluding hydrogens is 451 g/mol. The van der Waals surface area contributed by atoms with Gasteiger partial charge in [0.1, 0.15) is 11.6 Å². The number of anilines is 1. The summed E-state index contributed by atoms with van der Waals surface area (Å²) in [5.74, 6) is 1.03. The van der Waals surface area contributed by atoms with Crippen LogP contribution < -0.4 is 15.0 Å². The molecule has 1 atom stereocenters. The molecule has 5 rings (SSSR count). The molecule has 34 heavy (non-hydrogen) atoms. The molecule has 1 unspecified atom stereocenters. The summed E-state index contributed by atoms with van der Waals surface area (Å²) in [7, 11) is 1.63. The minimum absolute atomic E-state index is 0.302. The third-order valence-electron chi connectivity index (χ3n) is 5.69. The van der Waals surface area contributed by atoms with Crippen molar-refractivity contribution >= 4 is 28.6 Å². The van der Waals surface area contributed by atoms with Crippen molar-refractivity contribution in [1.82, 2.24) is 15.5 Å². The number of allylic oxidation sites excluding steroid dienone is 1. The molecule has 4 aromatic rings. The maximum absolute atomic E-state index is 13.8. The molecule has 0 fully saturated rings. The number of hydrogen-bond donors (Lipinski definition) is 1. The molecule has 2 heterocycles. The summed E-state index contributed by atoms with van der Waals surface area (Å²) >= 11 is 5.76. The Bertz CT molecular complexity index is 1370. The van der Waals surface area contributed by atoms with Crippen molar-refractivity contribution in [1.29, 1.82) is 0 Å². The van der Waals surface area contributed by atoms with Crippen molar-refractivity contribution in [3.8, 4) is 17.1 Å². The van der Waals surface area contributed by atoms with Gasteiger partial charge in [-0.25, -0.2) is 4.39 Å². The van der Waals surface area contributed by atoms with E-state index in [1.807, 2.05) is 66.4 Å². The molecule has 0 amide bonds. The topological polar surface area (TPSA) is 63.4 Å². The zero-order valence-corrected chi connectivity index (χ0v) is 19.3. The first-order chi connectivity index (χ1) is 16.5. The highest BCUT2D eigenvalue weighted by molar-refractivity contribution is 7.80. The van der Waals surface area contributed by atoms with E-state index in [1.54, 1.807) is 19.2 Å². The second-order valence-electron chi connectivity index (χ2n) is 7.76. The summed E-state index contributed by atoms with van der Waals surface area (Å²) in [6, 6.07) is 23.4. The Kier molecular flexibility index (Phi) is 5.81. The second kappa shape index (κ2) is 9.07. The van der Waals surface area contributed by atoms with E-state index in [0.29, 0.717) is 22.4 Å². The number of methoxy groups -OCH3 is 1. The number of nitrogens with one attached hydrogen (secondary N) is 1. The van der Waals surface area contributed by atoms with Gasteiger partial charge in [-0.05, 0) is 61.1 Å². The van der Waals surface area contributed by atoms with Gasteiger partial charge in [-0.15, -0.1) is 0 Å². The Balaban J connectivity index is 1.64. The summed E-state index contributed by atoms with van der Waals surface area (Å²) in [5.41, 5.74) is 4.03. The summed E-state index contributed by atoms with van der Waals surface area (Å²) in [5, 5.41) is 8.10. The number of halogens is 1. The van der Waals surface area contributed by atoms with Crippen molar-refractivity contribution < 1.29 is 13.7 Å². The van der Waals surface area contributed by atoms with Crippen LogP contribution in [0.2, 0.25) is 0 Å². The maximum atomic E-state index is 13.8. The van der Waals surface area contributed by atoms with Crippen molar-refractivity contribution in [3.05, 3.63) is 102 Å². The van der Waals surface area contributed by atoms with Crippen molar-refractivity contribution in [3.63, 3.8) is 0 Å². The fourth-order valence-electron chi connectivity index (χ4n) is 4.04. The third-order valence-corrected chi connectivity index (χ3v) is 5.99. The van der Waals surface area contributed by atoms with Crippen LogP contribution in [-0.2, 0) is 0 Å². The number of ether oxygens (including phenoxy) is 1. The molecule has 0 bridgehead atoms. The zero-order valence-electron chi connectivity index (χ0n) is 18.5. The lowest BCUT2D eigenvalue weighted by Crippen LogP contribution is -2.46. The van der Waals surface area contributed by atoms with Crippen LogP contribution >= 0.6 is 12.2 Å². The van der Waals surface area contributed by atoms with Gasteiger partial charge < -0.3 is 14.6 Å². The zero-order chi connectivity index (χ0) is 23.7. The predicted octanol–water partition coefficient (Wildman–Crippen LogP) is 5.75. The molecule has 3 aromatic carbocycles. The second-order valence-corrected chi connectivity index (χ2v) is 8.15. The number of benzene rings is 3. The molecule has 6 nitrogen and oxygen atoms in total. The molecule has 0 saturated carbocycles. The van der Waals surface area contributed by atoms with Crippen molar-refractivity contribution in [2.75, 3.05) is 12.0 Å². The Morgan fingerprint density at radius 3 is 2.50 bits per heavy atom. The minimum atomic E-state index is -0.364. The Morgan fingerprint density at radius 2 is 1.79 bits per heavy atom. The predicted molar refractivity (Wildman–Crippen MR) is 133 cm³/mol. The maximum Gasteiger partial charge on any atom is 0.258 e. The molecule has 0 saturated heterocycles. The smallest absolute Gasteiger partial charge is 0.258 e. The van der Waals surface area contributed by atoms with Gasteiger partial charge in [-0.1, -0.05) is 47.6 Å². The largest absolute Gasteiger partial charge is 0.497 e. The van der Waals surface area contributed by atoms with Gasteiger partial charge in [-0.2, -0.15) is 4.98 Å². The molecule has 0 radical (unpaired) electrons. The average molecular weight is 473 g/mol. The highest BCUT2D eigenvalue weighted by Gasteiger charge is 2.34. The van der Waals surface area contributed by atoms with Gasteiger partial charge in [0.25, 0.3) is 5.89 Å². The third kappa shape index (κ3) is 4.04. The molecule has 0 spiro atoms. The molecule has 170 valence electrons. The molecule has 1 N–H and O–H groups in total. The number of aromatic nitrogens is 2. The first kappa shape index (κ1) is 21.8. The van der Waals surface area contributed by atoms with E-state index >= 15 is 0 Å². The fraction of sp³-hybridized carbons (Fsp3) is 0.115. The molecule has 8 heteroatoms. The number of thiocarbonyl (C=S) groups is 1. The highest BCUT2D eigenvalue weighted by Crippen LogP contribution is 2.39. The quantitative estimate of drug-likeness (QED) is 0.371. The van der Waals surface area contributed by atoms with Crippen LogP contribution in [0, 0.1) is 5.82 Å². The lowest BCUT2D eigenvalue weighted by molar-refractivity contribution is 0.404. The average Bonchev–Trinajstić information content (AvgIpc) is 3.34.